The quantitative estimate of drug-likeness (QED) is 0.724. The second kappa shape index (κ2) is 4.77. The first-order chi connectivity index (χ1) is 6.20. The number of hydrogen-bond acceptors (Lipinski definition) is 2. The minimum atomic E-state index is 0.427. The van der Waals surface area contributed by atoms with E-state index in [1.807, 2.05) is 30.1 Å². The lowest BCUT2D eigenvalue weighted by Crippen LogP contribution is -2.33. The van der Waals surface area contributed by atoms with E-state index in [9.17, 15) is 0 Å². The number of likely N-dealkylation sites (N-methyl/N-ethyl adjacent to an activating group) is 1. The van der Waals surface area contributed by atoms with Crippen LogP contribution in [0.1, 0.15) is 5.69 Å². The Labute approximate surface area is 83.6 Å². The van der Waals surface area contributed by atoms with Crippen molar-refractivity contribution in [2.45, 2.75) is 6.42 Å². The highest BCUT2D eigenvalue weighted by atomic mass is 32.1. The van der Waals surface area contributed by atoms with Gasteiger partial charge in [-0.15, -0.1) is 0 Å². The molecule has 0 aliphatic rings. The van der Waals surface area contributed by atoms with E-state index in [1.54, 1.807) is 6.20 Å². The number of pyridine rings is 1. The molecule has 0 aliphatic carbocycles. The predicted octanol–water partition coefficient (Wildman–Crippen LogP) is 0.800. The van der Waals surface area contributed by atoms with E-state index in [-0.39, 0.29) is 0 Å². The zero-order valence-corrected chi connectivity index (χ0v) is 8.42. The Balaban J connectivity index is 2.39. The molecule has 4 heteroatoms. The van der Waals surface area contributed by atoms with Gasteiger partial charge in [0.1, 0.15) is 0 Å². The number of nitrogens with two attached hydrogens (primary N) is 1. The molecule has 0 saturated heterocycles. The molecule has 1 rings (SSSR count). The standard InChI is InChI=1S/C9H13N3S/c1-12(9(10)13)7-5-8-4-2-3-6-11-8/h2-4,6H,5,7H2,1H3,(H2,10,13). The minimum Gasteiger partial charge on any atom is -0.376 e. The van der Waals surface area contributed by atoms with Crippen LogP contribution in [0.2, 0.25) is 0 Å². The molecule has 0 amide bonds. The van der Waals surface area contributed by atoms with Gasteiger partial charge >= 0.3 is 0 Å². The third kappa shape index (κ3) is 3.38. The summed E-state index contributed by atoms with van der Waals surface area (Å²) in [6, 6.07) is 5.87. The van der Waals surface area contributed by atoms with Crippen LogP contribution in [0.25, 0.3) is 0 Å². The van der Waals surface area contributed by atoms with Gasteiger partial charge in [-0.05, 0) is 24.4 Å². The van der Waals surface area contributed by atoms with Crippen molar-refractivity contribution in [3.8, 4) is 0 Å². The Morgan fingerprint density at radius 3 is 2.92 bits per heavy atom. The van der Waals surface area contributed by atoms with Gasteiger partial charge in [-0.1, -0.05) is 6.07 Å². The summed E-state index contributed by atoms with van der Waals surface area (Å²) in [6.07, 6.45) is 2.66. The van der Waals surface area contributed by atoms with Gasteiger partial charge in [0.05, 0.1) is 0 Å². The topological polar surface area (TPSA) is 42.2 Å². The first-order valence-electron chi connectivity index (χ1n) is 4.10. The maximum absolute atomic E-state index is 5.44. The smallest absolute Gasteiger partial charge is 0.166 e. The van der Waals surface area contributed by atoms with E-state index in [0.717, 1.165) is 18.7 Å². The molecule has 0 spiro atoms. The Morgan fingerprint density at radius 2 is 2.38 bits per heavy atom. The fraction of sp³-hybridized carbons (Fsp3) is 0.333. The van der Waals surface area contributed by atoms with E-state index in [2.05, 4.69) is 4.98 Å². The maximum atomic E-state index is 5.44. The van der Waals surface area contributed by atoms with Crippen molar-refractivity contribution in [1.29, 1.82) is 0 Å². The second-order valence-corrected chi connectivity index (χ2v) is 3.25. The molecule has 70 valence electrons. The maximum Gasteiger partial charge on any atom is 0.166 e. The normalized spacial score (nSPS) is 9.62. The molecule has 0 unspecified atom stereocenters. The zero-order valence-electron chi connectivity index (χ0n) is 7.60. The van der Waals surface area contributed by atoms with Gasteiger partial charge in [-0.2, -0.15) is 0 Å². The van der Waals surface area contributed by atoms with Crippen molar-refractivity contribution in [3.63, 3.8) is 0 Å². The van der Waals surface area contributed by atoms with Crippen LogP contribution in [0.3, 0.4) is 0 Å². The van der Waals surface area contributed by atoms with Crippen LogP contribution in [-0.4, -0.2) is 28.6 Å². The molecule has 0 atom stereocenters. The number of hydrogen-bond donors (Lipinski definition) is 1. The third-order valence-corrected chi connectivity index (χ3v) is 2.12. The van der Waals surface area contributed by atoms with Crippen molar-refractivity contribution < 1.29 is 0 Å². The molecule has 3 nitrogen and oxygen atoms in total. The lowest BCUT2D eigenvalue weighted by molar-refractivity contribution is 0.509. The minimum absolute atomic E-state index is 0.427. The molecule has 1 aromatic heterocycles. The van der Waals surface area contributed by atoms with Crippen molar-refractivity contribution in [1.82, 2.24) is 9.88 Å². The molecule has 0 aromatic carbocycles. The van der Waals surface area contributed by atoms with Crippen molar-refractivity contribution in [3.05, 3.63) is 30.1 Å². The first kappa shape index (κ1) is 9.92. The van der Waals surface area contributed by atoms with E-state index >= 15 is 0 Å². The average molecular weight is 195 g/mol. The van der Waals surface area contributed by atoms with E-state index in [1.165, 1.54) is 0 Å². The van der Waals surface area contributed by atoms with Crippen LogP contribution >= 0.6 is 12.2 Å². The summed E-state index contributed by atoms with van der Waals surface area (Å²) in [4.78, 5) is 6.04. The molecule has 0 saturated carbocycles. The number of aromatic nitrogens is 1. The van der Waals surface area contributed by atoms with Crippen LogP contribution in [-0.2, 0) is 6.42 Å². The molecule has 0 aliphatic heterocycles. The van der Waals surface area contributed by atoms with Gasteiger partial charge in [0.2, 0.25) is 0 Å². The molecule has 2 N–H and O–H groups in total. The monoisotopic (exact) mass is 195 g/mol. The highest BCUT2D eigenvalue weighted by Gasteiger charge is 1.99. The summed E-state index contributed by atoms with van der Waals surface area (Å²) in [5, 5.41) is 0.427. The molecular weight excluding hydrogens is 182 g/mol. The van der Waals surface area contributed by atoms with Crippen LogP contribution < -0.4 is 5.73 Å². The summed E-state index contributed by atoms with van der Waals surface area (Å²) in [6.45, 7) is 0.812. The van der Waals surface area contributed by atoms with E-state index < -0.39 is 0 Å². The molecule has 0 bridgehead atoms. The summed E-state index contributed by atoms with van der Waals surface area (Å²) in [5.74, 6) is 0. The Kier molecular flexibility index (Phi) is 3.64. The number of nitrogens with zero attached hydrogens (tertiary/aromatic N) is 2. The fourth-order valence-electron chi connectivity index (χ4n) is 0.938. The Bertz CT molecular complexity index is 273. The highest BCUT2D eigenvalue weighted by molar-refractivity contribution is 7.80. The second-order valence-electron chi connectivity index (χ2n) is 2.83. The summed E-state index contributed by atoms with van der Waals surface area (Å²) < 4.78 is 0. The zero-order chi connectivity index (χ0) is 9.68. The molecular formula is C9H13N3S. The van der Waals surface area contributed by atoms with E-state index in [4.69, 9.17) is 18.0 Å². The highest BCUT2D eigenvalue weighted by Crippen LogP contribution is 1.95. The largest absolute Gasteiger partial charge is 0.376 e. The molecule has 0 radical (unpaired) electrons. The summed E-state index contributed by atoms with van der Waals surface area (Å²) in [5.41, 5.74) is 6.50. The van der Waals surface area contributed by atoms with Gasteiger partial charge in [-0.25, -0.2) is 0 Å². The molecule has 1 heterocycles. The average Bonchev–Trinajstić information content (AvgIpc) is 2.15. The van der Waals surface area contributed by atoms with Gasteiger partial charge in [0.15, 0.2) is 5.11 Å². The van der Waals surface area contributed by atoms with Gasteiger partial charge in [0.25, 0.3) is 0 Å². The molecule has 0 fully saturated rings. The van der Waals surface area contributed by atoms with E-state index in [0.29, 0.717) is 5.11 Å². The van der Waals surface area contributed by atoms with Crippen LogP contribution in [0.15, 0.2) is 24.4 Å². The van der Waals surface area contributed by atoms with Crippen LogP contribution in [0.5, 0.6) is 0 Å². The fourth-order valence-corrected chi connectivity index (χ4v) is 1.03. The van der Waals surface area contributed by atoms with Crippen LogP contribution in [0.4, 0.5) is 0 Å². The van der Waals surface area contributed by atoms with Gasteiger partial charge < -0.3 is 10.6 Å². The van der Waals surface area contributed by atoms with Gasteiger partial charge in [0, 0.05) is 31.9 Å². The summed E-state index contributed by atoms with van der Waals surface area (Å²) in [7, 11) is 1.88. The molecule has 1 aromatic rings. The van der Waals surface area contributed by atoms with Crippen LogP contribution in [0, 0.1) is 0 Å². The lowest BCUT2D eigenvalue weighted by atomic mass is 10.2. The third-order valence-electron chi connectivity index (χ3n) is 1.81. The van der Waals surface area contributed by atoms with Crippen molar-refractivity contribution in [2.24, 2.45) is 5.73 Å². The summed E-state index contributed by atoms with van der Waals surface area (Å²) >= 11 is 4.82. The number of rotatable bonds is 3. The lowest BCUT2D eigenvalue weighted by Gasteiger charge is -2.15. The number of thiocarbonyl (C=S) groups is 1. The van der Waals surface area contributed by atoms with Crippen molar-refractivity contribution in [2.75, 3.05) is 13.6 Å². The van der Waals surface area contributed by atoms with Crippen molar-refractivity contribution >= 4 is 17.3 Å². The Morgan fingerprint density at radius 1 is 1.62 bits per heavy atom. The molecule has 13 heavy (non-hydrogen) atoms. The predicted molar refractivity (Wildman–Crippen MR) is 57.4 cm³/mol. The SMILES string of the molecule is CN(CCc1ccccn1)C(N)=S. The Hall–Kier alpha value is -1.16. The van der Waals surface area contributed by atoms with Gasteiger partial charge in [-0.3, -0.25) is 4.98 Å². The first-order valence-corrected chi connectivity index (χ1v) is 4.51.